The molecule has 140 heavy (non-hydrogen) atoms. The molecule has 11 rings (SSSR count). The van der Waals surface area contributed by atoms with Crippen LogP contribution in [0.3, 0.4) is 0 Å². The number of fused-ring (bicyclic) bond motifs is 3. The predicted octanol–water partition coefficient (Wildman–Crippen LogP) is -2.68. The summed E-state index contributed by atoms with van der Waals surface area (Å²) in [6, 6.07) is 27.2. The summed E-state index contributed by atoms with van der Waals surface area (Å²) in [6.07, 6.45) is 4.36. The van der Waals surface area contributed by atoms with E-state index in [4.69, 9.17) is 33.9 Å². The number of aromatic nitrogens is 4. The van der Waals surface area contributed by atoms with Gasteiger partial charge >= 0.3 is 17.9 Å². The molecule has 0 radical (unpaired) electrons. The van der Waals surface area contributed by atoms with Crippen LogP contribution in [0.2, 0.25) is 0 Å². The summed E-state index contributed by atoms with van der Waals surface area (Å²) < 4.78 is 0. The fourth-order valence-electron chi connectivity index (χ4n) is 16.9. The van der Waals surface area contributed by atoms with Gasteiger partial charge in [-0.05, 0) is 83.7 Å². The molecule has 0 bridgehead atoms. The maximum atomic E-state index is 15.6. The number of benzene rings is 6. The van der Waals surface area contributed by atoms with Gasteiger partial charge in [-0.15, -0.1) is 0 Å². The number of imidazole rings is 1. The van der Waals surface area contributed by atoms with Gasteiger partial charge < -0.3 is 111 Å². The number of para-hydroxylation sites is 2. The summed E-state index contributed by atoms with van der Waals surface area (Å²) in [5.41, 5.74) is 21.0. The first-order valence-corrected chi connectivity index (χ1v) is 45.8. The Morgan fingerprint density at radius 2 is 0.857 bits per heavy atom. The number of carboxylic acids is 3. The van der Waals surface area contributed by atoms with E-state index < -0.39 is 195 Å². The minimum Gasteiger partial charge on any atom is -0.480 e. The number of rotatable bonds is 48. The summed E-state index contributed by atoms with van der Waals surface area (Å²) in [7, 11) is 0. The molecule has 2 fully saturated rings. The van der Waals surface area contributed by atoms with Crippen molar-refractivity contribution in [2.45, 2.75) is 125 Å². The SMILES string of the molecule is N=C(N)NCCC[C@@H](NC(=O)[C@H](Cc1cnc[nH]1)NC(=O)[C@H](CO)NC(=O)[C@H](Cc1c[nH]c2ccccc12)NC(=O)[C@@H](CCCNC(=N)N)NC(=O)[C@@H](Cc1ccc2ccccc2c1)NC(=O)CN1CCN(CC(=O)O)CCN(CC(=O)O)CCN(CC(=O)O)CC1)C(=O)N[C@@H](Cc1c[nH]c2ccccc12)C(=O)N[C@@H](Cc1ccc(C(=O)c2ccccc2)cc1)C(=O)N1CCC[C@H]1C(=O)N(N)CC(N)=O. The van der Waals surface area contributed by atoms with Crippen LogP contribution in [0.25, 0.3) is 32.6 Å². The van der Waals surface area contributed by atoms with Crippen molar-refractivity contribution in [3.8, 4) is 0 Å². The third kappa shape index (κ3) is 31.5. The second kappa shape index (κ2) is 51.6. The van der Waals surface area contributed by atoms with Gasteiger partial charge in [0.05, 0.1) is 39.1 Å². The molecule has 0 unspecified atom stereocenters. The highest BCUT2D eigenvalue weighted by molar-refractivity contribution is 6.09. The van der Waals surface area contributed by atoms with Crippen LogP contribution in [0.15, 0.2) is 171 Å². The molecule has 27 N–H and O–H groups in total. The van der Waals surface area contributed by atoms with Crippen molar-refractivity contribution in [3.05, 3.63) is 210 Å². The van der Waals surface area contributed by atoms with Crippen molar-refractivity contribution in [2.24, 2.45) is 23.0 Å². The zero-order valence-corrected chi connectivity index (χ0v) is 77.0. The summed E-state index contributed by atoms with van der Waals surface area (Å²) in [6.45, 7) is -2.97. The number of aliphatic carboxylic acids is 3. The third-order valence-electron chi connectivity index (χ3n) is 24.1. The average Bonchev–Trinajstić information content (AvgIpc) is 1.62. The first-order chi connectivity index (χ1) is 67.2. The van der Waals surface area contributed by atoms with Crippen molar-refractivity contribution in [1.29, 1.82) is 10.8 Å². The number of aromatic amines is 3. The lowest BCUT2D eigenvalue weighted by Gasteiger charge is -2.33. The van der Waals surface area contributed by atoms with Gasteiger partial charge in [0.15, 0.2) is 17.7 Å². The van der Waals surface area contributed by atoms with E-state index in [2.05, 4.69) is 73.1 Å². The summed E-state index contributed by atoms with van der Waals surface area (Å²) in [4.78, 5) is 234. The van der Waals surface area contributed by atoms with Crippen LogP contribution in [0.4, 0.5) is 0 Å². The van der Waals surface area contributed by atoms with Crippen molar-refractivity contribution in [3.63, 3.8) is 0 Å². The molecule has 45 nitrogen and oxygen atoms in total. The number of carbonyl (C=O) groups excluding carboxylic acids is 12. The number of carboxylic acid groups (broad SMARTS) is 3. The molecule has 0 saturated carbocycles. The van der Waals surface area contributed by atoms with Gasteiger partial charge in [-0.1, -0.05) is 133 Å². The van der Waals surface area contributed by atoms with Gasteiger partial charge in [0.25, 0.3) is 5.91 Å². The number of nitrogens with two attached hydrogens (primary N) is 4. The van der Waals surface area contributed by atoms with Crippen LogP contribution in [0, 0.1) is 10.8 Å². The number of amides is 11. The fourth-order valence-corrected chi connectivity index (χ4v) is 16.9. The number of hydrazine groups is 1. The van der Waals surface area contributed by atoms with Crippen molar-refractivity contribution >= 4 is 133 Å². The maximum Gasteiger partial charge on any atom is 0.317 e. The number of H-pyrrole nitrogens is 3. The second-order valence-electron chi connectivity index (χ2n) is 34.5. The zero-order chi connectivity index (χ0) is 100. The molecular formula is C95H120N26O19. The van der Waals surface area contributed by atoms with Crippen LogP contribution < -0.4 is 76.2 Å². The number of guanidine groups is 2. The number of hydrogen-bond donors (Lipinski definition) is 23. The Balaban J connectivity index is 0.857. The number of primary amides is 1. The number of ketones is 1. The van der Waals surface area contributed by atoms with E-state index in [0.717, 1.165) is 10.8 Å². The van der Waals surface area contributed by atoms with E-state index in [9.17, 15) is 54.0 Å². The molecule has 744 valence electrons. The van der Waals surface area contributed by atoms with E-state index >= 15 is 38.4 Å². The van der Waals surface area contributed by atoms with E-state index in [0.29, 0.717) is 66.6 Å². The molecule has 2 saturated heterocycles. The second-order valence-corrected chi connectivity index (χ2v) is 34.5. The van der Waals surface area contributed by atoms with E-state index in [1.807, 2.05) is 36.4 Å². The highest BCUT2D eigenvalue weighted by Gasteiger charge is 2.42. The van der Waals surface area contributed by atoms with Crippen LogP contribution >= 0.6 is 0 Å². The first kappa shape index (κ1) is 105. The lowest BCUT2D eigenvalue weighted by atomic mass is 9.98. The van der Waals surface area contributed by atoms with Gasteiger partial charge in [0, 0.05) is 161 Å². The smallest absolute Gasteiger partial charge is 0.317 e. The molecule has 9 aromatic rings. The lowest BCUT2D eigenvalue weighted by molar-refractivity contribution is -0.146. The lowest BCUT2D eigenvalue weighted by Crippen LogP contribution is -2.62. The quantitative estimate of drug-likeness (QED) is 0.00351. The Morgan fingerprint density at radius 1 is 0.443 bits per heavy atom. The predicted molar refractivity (Wildman–Crippen MR) is 513 cm³/mol. The van der Waals surface area contributed by atoms with Crippen LogP contribution in [-0.4, -0.2) is 336 Å². The standard InChI is InChI=1S/C95H120N26O19/c96-79(123)50-121(101)93(140)78-23-12-32-120(78)92(139)76(42-57-24-28-61(29-25-57)84(131)60-14-2-1-3-15-60)114-88(135)73(44-63-47-105-68-19-8-6-17-66(63)68)111-86(133)71(22-11-31-104-95(99)100)110-90(137)75(46-65-49-102-56-107-65)113-91(138)77(55-122)115-89(136)74(45-64-48-106-69-20-9-7-18-67(64)69)112-85(132)70(21-10-30-103-94(97)98)109-87(134)72(43-58-26-27-59-13-4-5-16-62(59)41-58)108-80(124)51-116-33-35-117(52-81(125)126)37-39-119(54-83(129)130)40-38-118(36-34-116)53-82(127)128/h1-9,13-20,24-29,41,47-49,56,70-78,105-106,122H,10-12,21-23,30-40,42-46,50-55,101H2,(H2,96,123)(H,102,107)(H,108,124)(H,109,134)(H,110,137)(H,111,133)(H,112,132)(H,113,138)(H,114,135)(H,115,136)(H,125,126)(H,127,128)(H,129,130)(H4,97,98,103)(H4,99,100,104)/t70-,71-,72-,73+,74+,75+,76+,77+,78+/m1/s1. The molecule has 45 heteroatoms. The highest BCUT2D eigenvalue weighted by atomic mass is 16.4. The molecule has 2 aliphatic heterocycles. The van der Waals surface area contributed by atoms with Crippen LogP contribution in [-0.2, 0) is 99.2 Å². The normalized spacial score (nSPS) is 15.8. The monoisotopic (exact) mass is 1930 g/mol. The van der Waals surface area contributed by atoms with Gasteiger partial charge in [-0.25, -0.2) is 10.8 Å². The largest absolute Gasteiger partial charge is 0.480 e. The number of aliphatic hydroxyl groups excluding tert-OH is 1. The minimum atomic E-state index is -1.95. The van der Waals surface area contributed by atoms with Crippen molar-refractivity contribution in [1.82, 2.24) is 103 Å². The fraction of sp³-hybridized carbons (Fsp3) is 0.389. The molecule has 6 aromatic carbocycles. The van der Waals surface area contributed by atoms with Gasteiger partial charge in [-0.2, -0.15) is 0 Å². The van der Waals surface area contributed by atoms with Crippen molar-refractivity contribution in [2.75, 3.05) is 111 Å². The number of hydrogen-bond acceptors (Lipinski definition) is 24. The Bertz CT molecular complexity index is 5850. The minimum absolute atomic E-state index is 0.00225. The Kier molecular flexibility index (Phi) is 38.6. The molecular weight excluding hydrogens is 1810 g/mol. The molecule has 2 aliphatic rings. The maximum absolute atomic E-state index is 15.6. The van der Waals surface area contributed by atoms with Gasteiger partial charge in [0.1, 0.15) is 60.9 Å². The third-order valence-corrected chi connectivity index (χ3v) is 24.1. The van der Waals surface area contributed by atoms with E-state index in [1.54, 1.807) is 141 Å². The number of nitrogens with zero attached hydrogens (tertiary/aromatic N) is 7. The molecule has 5 heterocycles. The molecule has 0 spiro atoms. The van der Waals surface area contributed by atoms with Crippen molar-refractivity contribution < 1.29 is 92.3 Å². The molecule has 3 aromatic heterocycles. The highest BCUT2D eigenvalue weighted by Crippen LogP contribution is 2.26. The first-order valence-electron chi connectivity index (χ1n) is 45.8. The Morgan fingerprint density at radius 3 is 1.34 bits per heavy atom. The number of nitrogens with one attached hydrogen (secondary N) is 15. The average molecular weight is 1930 g/mol. The Hall–Kier alpha value is -15.6. The summed E-state index contributed by atoms with van der Waals surface area (Å²) in [5, 5.41) is 87.4. The number of carbonyl (C=O) groups is 15. The molecule has 0 aliphatic carbocycles. The number of aliphatic hydroxyl groups is 1. The molecule has 11 amide bonds. The summed E-state index contributed by atoms with van der Waals surface area (Å²) >= 11 is 0. The Labute approximate surface area is 804 Å². The topological polar surface area (TPSA) is 689 Å². The van der Waals surface area contributed by atoms with Gasteiger partial charge in [0.2, 0.25) is 59.1 Å². The zero-order valence-electron chi connectivity index (χ0n) is 77.0. The molecule has 9 atom stereocenters. The van der Waals surface area contributed by atoms with Crippen LogP contribution in [0.1, 0.15) is 82.4 Å². The summed E-state index contributed by atoms with van der Waals surface area (Å²) in [5.74, 6) is -8.95. The van der Waals surface area contributed by atoms with Gasteiger partial charge in [-0.3, -0.25) is 107 Å². The van der Waals surface area contributed by atoms with E-state index in [-0.39, 0.29) is 141 Å². The van der Waals surface area contributed by atoms with E-state index in [1.165, 1.54) is 17.4 Å². The van der Waals surface area contributed by atoms with Crippen LogP contribution in [0.5, 0.6) is 0 Å². The number of likely N-dealkylation sites (tertiary alicyclic amines) is 1.